The number of ether oxygens (including phenoxy) is 1. The van der Waals surface area contributed by atoms with Crippen LogP contribution in [-0.4, -0.2) is 34.9 Å². The van der Waals surface area contributed by atoms with Crippen molar-refractivity contribution in [3.63, 3.8) is 0 Å². The fourth-order valence-corrected chi connectivity index (χ4v) is 2.48. The lowest BCUT2D eigenvalue weighted by Crippen LogP contribution is -2.27. The van der Waals surface area contributed by atoms with Crippen LogP contribution in [0.1, 0.15) is 45.2 Å². The molecule has 1 aromatic heterocycles. The first-order valence-corrected chi connectivity index (χ1v) is 9.05. The van der Waals surface area contributed by atoms with Crippen molar-refractivity contribution in [1.82, 2.24) is 20.6 Å². The lowest BCUT2D eigenvalue weighted by molar-refractivity contribution is 0.0600. The fraction of sp³-hybridized carbons (Fsp3) is 0.136. The average molecular weight is 424 g/mol. The van der Waals surface area contributed by atoms with Crippen molar-refractivity contribution >= 4 is 17.8 Å². The molecule has 8 nitrogen and oxygen atoms in total. The first kappa shape index (κ1) is 18.9. The highest BCUT2D eigenvalue weighted by Crippen LogP contribution is 2.07. The highest BCUT2D eigenvalue weighted by Gasteiger charge is 2.13. The number of methoxy groups -OCH3 is 1. The summed E-state index contributed by atoms with van der Waals surface area (Å²) in [5.41, 5.74) is 0.681. The lowest BCUT2D eigenvalue weighted by atomic mass is 10.1. The molecule has 3 rings (SSSR count). The molecule has 0 radical (unpaired) electrons. The zero-order chi connectivity index (χ0) is 24.0. The Morgan fingerprint density at radius 1 is 0.935 bits per heavy atom. The Labute approximate surface area is 180 Å². The first-order chi connectivity index (χ1) is 15.7. The van der Waals surface area contributed by atoms with Gasteiger partial charge in [0.15, 0.2) is 0 Å². The molecule has 0 aliphatic carbocycles. The third-order valence-corrected chi connectivity index (χ3v) is 4.13. The van der Waals surface area contributed by atoms with E-state index in [1.165, 1.54) is 55.6 Å². The molecule has 31 heavy (non-hydrogen) atoms. The fourth-order valence-electron chi connectivity index (χ4n) is 2.48. The van der Waals surface area contributed by atoms with Crippen LogP contribution in [0.25, 0.3) is 0 Å². The van der Waals surface area contributed by atoms with Crippen molar-refractivity contribution in [3.05, 3.63) is 94.8 Å². The minimum absolute atomic E-state index is 0.0924. The van der Waals surface area contributed by atoms with E-state index in [-0.39, 0.29) is 29.1 Å². The molecule has 0 bridgehead atoms. The number of aromatic nitrogens is 2. The molecule has 0 aliphatic heterocycles. The van der Waals surface area contributed by atoms with Crippen LogP contribution < -0.4 is 10.6 Å². The normalized spacial score (nSPS) is 11.7. The number of hydrogen-bond acceptors (Lipinski definition) is 6. The summed E-state index contributed by atoms with van der Waals surface area (Å²) in [5.74, 6) is -2.42. The smallest absolute Gasteiger partial charge is 0.337 e. The van der Waals surface area contributed by atoms with Crippen LogP contribution in [0.3, 0.4) is 0 Å². The summed E-state index contributed by atoms with van der Waals surface area (Å²) in [6.07, 6.45) is 1.02. The van der Waals surface area contributed by atoms with Crippen molar-refractivity contribution in [2.24, 2.45) is 0 Å². The molecular weight excluding hydrogens is 403 g/mol. The van der Waals surface area contributed by atoms with Crippen molar-refractivity contribution < 1.29 is 26.3 Å². The van der Waals surface area contributed by atoms with Gasteiger partial charge in [-0.15, -0.1) is 0 Å². The van der Waals surface area contributed by atoms with E-state index in [2.05, 4.69) is 25.3 Å². The zero-order valence-electron chi connectivity index (χ0n) is 18.4. The predicted octanol–water partition coefficient (Wildman–Crippen LogP) is 2.26. The molecule has 0 aliphatic rings. The lowest BCUT2D eigenvalue weighted by Gasteiger charge is -2.08. The van der Waals surface area contributed by atoms with E-state index < -0.39 is 30.1 Å². The van der Waals surface area contributed by atoms with E-state index in [9.17, 15) is 18.8 Å². The van der Waals surface area contributed by atoms with E-state index in [1.807, 2.05) is 0 Å². The molecule has 2 N–H and O–H groups in total. The second kappa shape index (κ2) is 10.1. The standard InChI is InChI=1S/C22H19FN4O4/c1-31-22(30)16-6-2-14(3-7-16)11-24-20(28)18-10-19(27-13-26-18)21(29)25-12-15-4-8-17(23)9-5-15/h2-10,13H,11-12H2,1H3,(H,24,28)(H,25,29)/i11D2. The van der Waals surface area contributed by atoms with E-state index in [0.29, 0.717) is 5.56 Å². The van der Waals surface area contributed by atoms with Crippen molar-refractivity contribution in [2.45, 2.75) is 13.0 Å². The molecule has 158 valence electrons. The Balaban J connectivity index is 1.67. The highest BCUT2D eigenvalue weighted by atomic mass is 19.1. The molecule has 0 unspecified atom stereocenters. The van der Waals surface area contributed by atoms with E-state index in [4.69, 9.17) is 2.74 Å². The SMILES string of the molecule is [2H]C([2H])(NC(=O)c1cc(C(=O)NCc2ccc(F)cc2)ncn1)c1ccc(C(=O)OC)cc1. The van der Waals surface area contributed by atoms with Gasteiger partial charge in [-0.1, -0.05) is 24.3 Å². The predicted molar refractivity (Wildman–Crippen MR) is 109 cm³/mol. The molecule has 2 amide bonds. The largest absolute Gasteiger partial charge is 0.465 e. The van der Waals surface area contributed by atoms with Crippen LogP contribution in [-0.2, 0) is 17.8 Å². The second-order valence-electron chi connectivity index (χ2n) is 6.25. The average Bonchev–Trinajstić information content (AvgIpc) is 2.83. The maximum atomic E-state index is 13.0. The number of rotatable bonds is 7. The van der Waals surface area contributed by atoms with E-state index in [1.54, 1.807) is 0 Å². The van der Waals surface area contributed by atoms with Crippen LogP contribution in [0.5, 0.6) is 0 Å². The second-order valence-corrected chi connectivity index (χ2v) is 6.25. The monoisotopic (exact) mass is 424 g/mol. The van der Waals surface area contributed by atoms with Gasteiger partial charge in [0, 0.05) is 19.1 Å². The van der Waals surface area contributed by atoms with Gasteiger partial charge in [-0.3, -0.25) is 9.59 Å². The summed E-state index contributed by atoms with van der Waals surface area (Å²) in [4.78, 5) is 44.1. The van der Waals surface area contributed by atoms with Gasteiger partial charge in [0.1, 0.15) is 23.5 Å². The van der Waals surface area contributed by atoms with Crippen molar-refractivity contribution in [3.8, 4) is 0 Å². The topological polar surface area (TPSA) is 110 Å². The molecule has 0 fully saturated rings. The minimum Gasteiger partial charge on any atom is -0.465 e. The summed E-state index contributed by atoms with van der Waals surface area (Å²) in [7, 11) is 1.23. The number of carbonyl (C=O) groups excluding carboxylic acids is 3. The number of amides is 2. The molecule has 3 aromatic rings. The van der Waals surface area contributed by atoms with E-state index in [0.717, 1.165) is 12.4 Å². The molecule has 0 saturated heterocycles. The van der Waals surface area contributed by atoms with Gasteiger partial charge >= 0.3 is 5.97 Å². The van der Waals surface area contributed by atoms with Crippen molar-refractivity contribution in [2.75, 3.05) is 7.11 Å². The summed E-state index contributed by atoms with van der Waals surface area (Å²) >= 11 is 0. The summed E-state index contributed by atoms with van der Waals surface area (Å²) in [5, 5.41) is 4.80. The van der Waals surface area contributed by atoms with Gasteiger partial charge in [-0.05, 0) is 35.4 Å². The molecule has 0 spiro atoms. The van der Waals surface area contributed by atoms with Gasteiger partial charge in [0.05, 0.1) is 15.4 Å². The van der Waals surface area contributed by atoms with Crippen molar-refractivity contribution in [1.29, 1.82) is 0 Å². The molecular formula is C22H19FN4O4. The van der Waals surface area contributed by atoms with Gasteiger partial charge in [-0.25, -0.2) is 19.2 Å². The number of hydrogen-bond donors (Lipinski definition) is 2. The number of benzene rings is 2. The van der Waals surface area contributed by atoms with Gasteiger partial charge < -0.3 is 15.4 Å². The maximum Gasteiger partial charge on any atom is 0.337 e. The number of halogens is 1. The zero-order valence-corrected chi connectivity index (χ0v) is 16.4. The Bertz CT molecular complexity index is 1170. The van der Waals surface area contributed by atoms with Gasteiger partial charge in [-0.2, -0.15) is 0 Å². The van der Waals surface area contributed by atoms with Crippen LogP contribution in [0.4, 0.5) is 4.39 Å². The quantitative estimate of drug-likeness (QED) is 0.563. The highest BCUT2D eigenvalue weighted by molar-refractivity contribution is 5.97. The molecule has 0 atom stereocenters. The first-order valence-electron chi connectivity index (χ1n) is 10.1. The molecule has 2 aromatic carbocycles. The Morgan fingerprint density at radius 2 is 1.52 bits per heavy atom. The van der Waals surface area contributed by atoms with Crippen LogP contribution in [0.2, 0.25) is 0 Å². The Kier molecular flexibility index (Phi) is 6.12. The number of nitrogens with one attached hydrogen (secondary N) is 2. The summed E-state index contributed by atoms with van der Waals surface area (Å²) in [6, 6.07) is 12.2. The Morgan fingerprint density at radius 3 is 2.13 bits per heavy atom. The molecule has 1 heterocycles. The number of esters is 1. The van der Waals surface area contributed by atoms with Gasteiger partial charge in [0.25, 0.3) is 11.8 Å². The van der Waals surface area contributed by atoms with Crippen LogP contribution in [0, 0.1) is 5.82 Å². The molecule has 9 heteroatoms. The maximum absolute atomic E-state index is 13.0. The van der Waals surface area contributed by atoms with Gasteiger partial charge in [0.2, 0.25) is 0 Å². The third kappa shape index (κ3) is 5.92. The Hall–Kier alpha value is -4.14. The minimum atomic E-state index is -2.29. The summed E-state index contributed by atoms with van der Waals surface area (Å²) in [6.45, 7) is -2.17. The molecule has 0 saturated carbocycles. The third-order valence-electron chi connectivity index (χ3n) is 4.13. The van der Waals surface area contributed by atoms with E-state index >= 15 is 0 Å². The number of carbonyl (C=O) groups is 3. The summed E-state index contributed by atoms with van der Waals surface area (Å²) < 4.78 is 33.9. The van der Waals surface area contributed by atoms with Crippen LogP contribution >= 0.6 is 0 Å². The number of nitrogens with zero attached hydrogens (tertiary/aromatic N) is 2. The van der Waals surface area contributed by atoms with Crippen LogP contribution in [0.15, 0.2) is 60.9 Å².